The van der Waals surface area contributed by atoms with E-state index in [0.29, 0.717) is 5.56 Å². The summed E-state index contributed by atoms with van der Waals surface area (Å²) >= 11 is 3.42. The Morgan fingerprint density at radius 1 is 1.17 bits per heavy atom. The monoisotopic (exact) mass is 451 g/mol. The van der Waals surface area contributed by atoms with Crippen LogP contribution in [0, 0.1) is 6.92 Å². The van der Waals surface area contributed by atoms with Crippen molar-refractivity contribution in [3.05, 3.63) is 69.3 Å². The van der Waals surface area contributed by atoms with Crippen LogP contribution in [0.25, 0.3) is 10.9 Å². The highest BCUT2D eigenvalue weighted by molar-refractivity contribution is 9.10. The van der Waals surface area contributed by atoms with Gasteiger partial charge in [-0.2, -0.15) is 0 Å². The summed E-state index contributed by atoms with van der Waals surface area (Å²) in [5.74, 6) is -0.356. The minimum Gasteiger partial charge on any atom is -0.332 e. The van der Waals surface area contributed by atoms with Gasteiger partial charge in [0.1, 0.15) is 0 Å². The average Bonchev–Trinajstić information content (AvgIpc) is 3.15. The Kier molecular flexibility index (Phi) is 5.37. The quantitative estimate of drug-likeness (QED) is 0.634. The van der Waals surface area contributed by atoms with Gasteiger partial charge < -0.3 is 10.2 Å². The summed E-state index contributed by atoms with van der Waals surface area (Å²) in [6.07, 6.45) is 2.76. The molecule has 1 aromatic heterocycles. The van der Waals surface area contributed by atoms with Crippen LogP contribution in [-0.2, 0) is 17.6 Å². The molecule has 4 rings (SSSR count). The van der Waals surface area contributed by atoms with Crippen LogP contribution in [-0.4, -0.2) is 35.3 Å². The van der Waals surface area contributed by atoms with E-state index in [0.717, 1.165) is 57.1 Å². The maximum atomic E-state index is 13.3. The molecule has 0 spiro atoms. The molecule has 2 amide bonds. The highest BCUT2D eigenvalue weighted by Crippen LogP contribution is 2.30. The number of nitrogens with zero attached hydrogens (tertiary/aromatic N) is 2. The van der Waals surface area contributed by atoms with Crippen LogP contribution in [0.3, 0.4) is 0 Å². The number of anilines is 1. The maximum absolute atomic E-state index is 13.3. The van der Waals surface area contributed by atoms with Crippen molar-refractivity contribution in [2.45, 2.75) is 26.2 Å². The average molecular weight is 452 g/mol. The maximum Gasteiger partial charge on any atom is 0.255 e. The Morgan fingerprint density at radius 3 is 2.76 bits per heavy atom. The van der Waals surface area contributed by atoms with Crippen LogP contribution in [0.2, 0.25) is 0 Å². The highest BCUT2D eigenvalue weighted by atomic mass is 79.9. The van der Waals surface area contributed by atoms with Gasteiger partial charge in [-0.15, -0.1) is 0 Å². The van der Waals surface area contributed by atoms with Gasteiger partial charge in [0.05, 0.1) is 17.6 Å². The molecule has 0 aliphatic heterocycles. The van der Waals surface area contributed by atoms with Crippen LogP contribution >= 0.6 is 15.9 Å². The molecular weight excluding hydrogens is 430 g/mol. The van der Waals surface area contributed by atoms with E-state index in [4.69, 9.17) is 4.98 Å². The van der Waals surface area contributed by atoms with E-state index < -0.39 is 0 Å². The van der Waals surface area contributed by atoms with Crippen LogP contribution in [0.5, 0.6) is 0 Å². The predicted molar refractivity (Wildman–Crippen MR) is 118 cm³/mol. The molecule has 0 radical (unpaired) electrons. The lowest BCUT2D eigenvalue weighted by Crippen LogP contribution is -2.35. The first-order chi connectivity index (χ1) is 13.9. The van der Waals surface area contributed by atoms with Crippen molar-refractivity contribution >= 4 is 44.3 Å². The molecule has 6 heteroatoms. The Balaban J connectivity index is 1.58. The highest BCUT2D eigenvalue weighted by Gasteiger charge is 2.26. The zero-order valence-corrected chi connectivity index (χ0v) is 18.0. The molecule has 29 heavy (non-hydrogen) atoms. The molecule has 5 nitrogen and oxygen atoms in total. The summed E-state index contributed by atoms with van der Waals surface area (Å²) in [5.41, 5.74) is 5.27. The standard InChI is InChI=1S/C23H22BrN3O2/c1-14-12-15(24)10-11-18(14)26-21(28)13-27(2)23(29)22-16-6-3-4-8-19(16)25-20-9-5-7-17(20)22/h3-4,6,8,10-12H,5,7,9,13H2,1-2H3,(H,26,28). The largest absolute Gasteiger partial charge is 0.332 e. The van der Waals surface area contributed by atoms with Crippen LogP contribution in [0.4, 0.5) is 5.69 Å². The number of fused-ring (bicyclic) bond motifs is 2. The number of nitrogens with one attached hydrogen (secondary N) is 1. The molecule has 0 saturated heterocycles. The first-order valence-electron chi connectivity index (χ1n) is 9.66. The SMILES string of the molecule is Cc1cc(Br)ccc1NC(=O)CN(C)C(=O)c1c2c(nc3ccccc13)CCC2. The summed E-state index contributed by atoms with van der Waals surface area (Å²) in [6.45, 7) is 1.92. The summed E-state index contributed by atoms with van der Waals surface area (Å²) in [5, 5.41) is 3.75. The zero-order valence-electron chi connectivity index (χ0n) is 16.5. The fourth-order valence-electron chi connectivity index (χ4n) is 3.89. The fourth-order valence-corrected chi connectivity index (χ4v) is 4.37. The molecule has 0 saturated carbocycles. The summed E-state index contributed by atoms with van der Waals surface area (Å²) in [6, 6.07) is 13.4. The van der Waals surface area contributed by atoms with Gasteiger partial charge >= 0.3 is 0 Å². The van der Waals surface area contributed by atoms with E-state index in [-0.39, 0.29) is 18.4 Å². The van der Waals surface area contributed by atoms with Gasteiger partial charge in [0, 0.05) is 28.3 Å². The number of aryl methyl sites for hydroxylation is 2. The van der Waals surface area contributed by atoms with E-state index in [1.54, 1.807) is 7.05 Å². The Bertz CT molecular complexity index is 1130. The summed E-state index contributed by atoms with van der Waals surface area (Å²) in [4.78, 5) is 32.1. The van der Waals surface area contributed by atoms with Crippen molar-refractivity contribution < 1.29 is 9.59 Å². The smallest absolute Gasteiger partial charge is 0.255 e. The van der Waals surface area contributed by atoms with Crippen molar-refractivity contribution in [3.63, 3.8) is 0 Å². The number of likely N-dealkylation sites (N-methyl/N-ethyl adjacent to an activating group) is 1. The third-order valence-electron chi connectivity index (χ3n) is 5.32. The summed E-state index contributed by atoms with van der Waals surface area (Å²) in [7, 11) is 1.67. The second-order valence-electron chi connectivity index (χ2n) is 7.45. The molecule has 1 heterocycles. The van der Waals surface area contributed by atoms with E-state index >= 15 is 0 Å². The Hall–Kier alpha value is -2.73. The minimum absolute atomic E-state index is 0.0141. The van der Waals surface area contributed by atoms with Crippen molar-refractivity contribution in [3.8, 4) is 0 Å². The minimum atomic E-state index is -0.221. The van der Waals surface area contributed by atoms with E-state index in [2.05, 4.69) is 21.2 Å². The number of rotatable bonds is 4. The molecule has 0 atom stereocenters. The van der Waals surface area contributed by atoms with E-state index in [1.807, 2.05) is 49.4 Å². The molecule has 0 fully saturated rings. The van der Waals surface area contributed by atoms with Gasteiger partial charge in [-0.05, 0) is 61.6 Å². The molecule has 3 aromatic rings. The molecule has 1 aliphatic rings. The third-order valence-corrected chi connectivity index (χ3v) is 5.82. The van der Waals surface area contributed by atoms with Gasteiger partial charge in [-0.3, -0.25) is 14.6 Å². The van der Waals surface area contributed by atoms with E-state index in [1.165, 1.54) is 4.90 Å². The Morgan fingerprint density at radius 2 is 1.97 bits per heavy atom. The van der Waals surface area contributed by atoms with Crippen LogP contribution in [0.1, 0.15) is 33.6 Å². The number of carbonyl (C=O) groups excluding carboxylic acids is 2. The number of para-hydroxylation sites is 1. The van der Waals surface area contributed by atoms with Crippen molar-refractivity contribution in [1.29, 1.82) is 0 Å². The van der Waals surface area contributed by atoms with Crippen LogP contribution in [0.15, 0.2) is 46.9 Å². The lowest BCUT2D eigenvalue weighted by molar-refractivity contribution is -0.116. The number of hydrogen-bond donors (Lipinski definition) is 1. The van der Waals surface area contributed by atoms with Gasteiger partial charge in [-0.1, -0.05) is 34.1 Å². The fraction of sp³-hybridized carbons (Fsp3) is 0.261. The normalized spacial score (nSPS) is 12.7. The molecule has 148 valence electrons. The predicted octanol–water partition coefficient (Wildman–Crippen LogP) is 4.51. The number of carbonyl (C=O) groups is 2. The topological polar surface area (TPSA) is 62.3 Å². The van der Waals surface area contributed by atoms with E-state index in [9.17, 15) is 9.59 Å². The van der Waals surface area contributed by atoms with Crippen molar-refractivity contribution in [2.24, 2.45) is 0 Å². The summed E-state index contributed by atoms with van der Waals surface area (Å²) < 4.78 is 0.957. The second kappa shape index (κ2) is 7.95. The third kappa shape index (κ3) is 3.90. The van der Waals surface area contributed by atoms with Gasteiger partial charge in [-0.25, -0.2) is 0 Å². The second-order valence-corrected chi connectivity index (χ2v) is 8.37. The molecule has 2 aromatic carbocycles. The molecular formula is C23H22BrN3O2. The Labute approximate surface area is 178 Å². The van der Waals surface area contributed by atoms with Gasteiger partial charge in [0.15, 0.2) is 0 Å². The molecule has 0 bridgehead atoms. The number of aromatic nitrogens is 1. The molecule has 0 unspecified atom stereocenters. The number of hydrogen-bond acceptors (Lipinski definition) is 3. The lowest BCUT2D eigenvalue weighted by atomic mass is 10.00. The molecule has 1 N–H and O–H groups in total. The van der Waals surface area contributed by atoms with Crippen LogP contribution < -0.4 is 5.32 Å². The number of amides is 2. The van der Waals surface area contributed by atoms with Crippen molar-refractivity contribution in [2.75, 3.05) is 18.9 Å². The van der Waals surface area contributed by atoms with Gasteiger partial charge in [0.2, 0.25) is 5.91 Å². The first-order valence-corrected chi connectivity index (χ1v) is 10.5. The number of benzene rings is 2. The first kappa shape index (κ1) is 19.6. The number of pyridine rings is 1. The van der Waals surface area contributed by atoms with Gasteiger partial charge in [0.25, 0.3) is 5.91 Å². The number of halogens is 1. The lowest BCUT2D eigenvalue weighted by Gasteiger charge is -2.20. The zero-order chi connectivity index (χ0) is 20.5. The van der Waals surface area contributed by atoms with Crippen molar-refractivity contribution in [1.82, 2.24) is 9.88 Å². The molecule has 1 aliphatic carbocycles.